The van der Waals surface area contributed by atoms with E-state index in [0.717, 1.165) is 45.1 Å². The van der Waals surface area contributed by atoms with Crippen molar-refractivity contribution in [2.24, 2.45) is 0 Å². The average molecular weight is 226 g/mol. The van der Waals surface area contributed by atoms with Gasteiger partial charge in [-0.25, -0.2) is 0 Å². The number of hydrogen-bond acceptors (Lipinski definition) is 2. The highest BCUT2D eigenvalue weighted by molar-refractivity contribution is 5.86. The molecule has 1 unspecified atom stereocenters. The minimum atomic E-state index is -0.267. The Balaban J connectivity index is 2.60. The maximum Gasteiger partial charge on any atom is 0.240 e. The van der Waals surface area contributed by atoms with Crippen molar-refractivity contribution in [2.45, 2.75) is 70.9 Å². The summed E-state index contributed by atoms with van der Waals surface area (Å²) in [6, 6.07) is 0.337. The van der Waals surface area contributed by atoms with Crippen LogP contribution in [0.25, 0.3) is 0 Å². The first kappa shape index (κ1) is 13.5. The van der Waals surface area contributed by atoms with Crippen LogP contribution in [0.1, 0.15) is 59.3 Å². The van der Waals surface area contributed by atoms with Crippen LogP contribution < -0.4 is 10.6 Å². The van der Waals surface area contributed by atoms with Gasteiger partial charge < -0.3 is 10.6 Å². The first-order chi connectivity index (χ1) is 7.68. The van der Waals surface area contributed by atoms with E-state index in [2.05, 4.69) is 31.4 Å². The van der Waals surface area contributed by atoms with E-state index in [9.17, 15) is 4.79 Å². The Morgan fingerprint density at radius 2 is 2.06 bits per heavy atom. The van der Waals surface area contributed by atoms with Crippen molar-refractivity contribution in [3.8, 4) is 0 Å². The van der Waals surface area contributed by atoms with Gasteiger partial charge in [-0.15, -0.1) is 0 Å². The molecule has 1 aliphatic heterocycles. The van der Waals surface area contributed by atoms with Crippen LogP contribution >= 0.6 is 0 Å². The maximum atomic E-state index is 12.3. The molecule has 0 aromatic rings. The van der Waals surface area contributed by atoms with Crippen LogP contribution in [0.4, 0.5) is 0 Å². The summed E-state index contributed by atoms with van der Waals surface area (Å²) in [6.07, 6.45) is 6.17. The van der Waals surface area contributed by atoms with Gasteiger partial charge in [0.1, 0.15) is 0 Å². The number of amides is 1. The van der Waals surface area contributed by atoms with E-state index in [1.54, 1.807) is 0 Å². The average Bonchev–Trinajstić information content (AvgIpc) is 2.76. The molecule has 0 aromatic carbocycles. The van der Waals surface area contributed by atoms with Crippen molar-refractivity contribution in [1.29, 1.82) is 0 Å². The van der Waals surface area contributed by atoms with Gasteiger partial charge in [0.2, 0.25) is 5.91 Å². The molecule has 1 rings (SSSR count). The molecule has 0 radical (unpaired) electrons. The first-order valence-corrected chi connectivity index (χ1v) is 6.74. The molecule has 0 aromatic heterocycles. The molecular weight excluding hydrogens is 200 g/mol. The predicted octanol–water partition coefficient (Wildman–Crippen LogP) is 2.21. The van der Waals surface area contributed by atoms with Crippen molar-refractivity contribution in [3.05, 3.63) is 0 Å². The standard InChI is InChI=1S/C13H26N2O/c1-4-8-13(9-7-10-14-13)12(16)15-11(5-2)6-3/h11,14H,4-10H2,1-3H3,(H,15,16). The lowest BCUT2D eigenvalue weighted by Gasteiger charge is -2.30. The minimum Gasteiger partial charge on any atom is -0.352 e. The van der Waals surface area contributed by atoms with Gasteiger partial charge in [0.15, 0.2) is 0 Å². The topological polar surface area (TPSA) is 41.1 Å². The van der Waals surface area contributed by atoms with Crippen LogP contribution in [0, 0.1) is 0 Å². The van der Waals surface area contributed by atoms with Gasteiger partial charge in [0, 0.05) is 6.04 Å². The van der Waals surface area contributed by atoms with Gasteiger partial charge in [-0.05, 0) is 38.6 Å². The Kier molecular flexibility index (Phi) is 5.26. The Morgan fingerprint density at radius 3 is 2.50 bits per heavy atom. The number of rotatable bonds is 6. The number of carbonyl (C=O) groups excluding carboxylic acids is 1. The zero-order valence-electron chi connectivity index (χ0n) is 10.9. The van der Waals surface area contributed by atoms with E-state index in [0.29, 0.717) is 6.04 Å². The van der Waals surface area contributed by atoms with Crippen LogP contribution in [0.5, 0.6) is 0 Å². The highest BCUT2D eigenvalue weighted by atomic mass is 16.2. The largest absolute Gasteiger partial charge is 0.352 e. The van der Waals surface area contributed by atoms with E-state index in [-0.39, 0.29) is 11.4 Å². The fourth-order valence-electron chi connectivity index (χ4n) is 2.57. The van der Waals surface area contributed by atoms with Crippen molar-refractivity contribution >= 4 is 5.91 Å². The number of hydrogen-bond donors (Lipinski definition) is 2. The summed E-state index contributed by atoms with van der Waals surface area (Å²) in [5, 5.41) is 6.59. The van der Waals surface area contributed by atoms with E-state index < -0.39 is 0 Å². The third-order valence-electron chi connectivity index (χ3n) is 3.68. The normalized spacial score (nSPS) is 25.0. The van der Waals surface area contributed by atoms with Gasteiger partial charge in [-0.2, -0.15) is 0 Å². The second kappa shape index (κ2) is 6.24. The van der Waals surface area contributed by atoms with E-state index in [1.807, 2.05) is 0 Å². The molecule has 16 heavy (non-hydrogen) atoms. The quantitative estimate of drug-likeness (QED) is 0.729. The SMILES string of the molecule is CCCC1(C(=O)NC(CC)CC)CCCN1. The molecular formula is C13H26N2O. The first-order valence-electron chi connectivity index (χ1n) is 6.74. The predicted molar refractivity (Wildman–Crippen MR) is 67.4 cm³/mol. The Hall–Kier alpha value is -0.570. The molecule has 1 fully saturated rings. The Morgan fingerprint density at radius 1 is 1.38 bits per heavy atom. The van der Waals surface area contributed by atoms with Crippen molar-refractivity contribution < 1.29 is 4.79 Å². The maximum absolute atomic E-state index is 12.3. The lowest BCUT2D eigenvalue weighted by molar-refractivity contribution is -0.128. The molecule has 0 saturated carbocycles. The molecule has 1 amide bonds. The second-order valence-corrected chi connectivity index (χ2v) is 4.85. The highest BCUT2D eigenvalue weighted by Crippen LogP contribution is 2.25. The summed E-state index contributed by atoms with van der Waals surface area (Å²) < 4.78 is 0. The summed E-state index contributed by atoms with van der Waals surface area (Å²) >= 11 is 0. The van der Waals surface area contributed by atoms with Crippen LogP contribution in [-0.4, -0.2) is 24.0 Å². The summed E-state index contributed by atoms with van der Waals surface area (Å²) in [7, 11) is 0. The molecule has 94 valence electrons. The van der Waals surface area contributed by atoms with Crippen molar-refractivity contribution in [1.82, 2.24) is 10.6 Å². The molecule has 1 aliphatic rings. The molecule has 1 heterocycles. The van der Waals surface area contributed by atoms with Crippen LogP contribution in [0.15, 0.2) is 0 Å². The van der Waals surface area contributed by atoms with Crippen molar-refractivity contribution in [3.63, 3.8) is 0 Å². The number of nitrogens with one attached hydrogen (secondary N) is 2. The van der Waals surface area contributed by atoms with Gasteiger partial charge in [-0.3, -0.25) is 4.79 Å². The van der Waals surface area contributed by atoms with Crippen LogP contribution in [0.2, 0.25) is 0 Å². The lowest BCUT2D eigenvalue weighted by Crippen LogP contribution is -2.55. The molecule has 2 N–H and O–H groups in total. The summed E-state index contributed by atoms with van der Waals surface area (Å²) in [5.74, 6) is 0.223. The fraction of sp³-hybridized carbons (Fsp3) is 0.923. The third-order valence-corrected chi connectivity index (χ3v) is 3.68. The van der Waals surface area contributed by atoms with Gasteiger partial charge in [-0.1, -0.05) is 27.2 Å². The minimum absolute atomic E-state index is 0.223. The van der Waals surface area contributed by atoms with Gasteiger partial charge >= 0.3 is 0 Å². The van der Waals surface area contributed by atoms with Gasteiger partial charge in [0.25, 0.3) is 0 Å². The molecule has 1 atom stereocenters. The second-order valence-electron chi connectivity index (χ2n) is 4.85. The summed E-state index contributed by atoms with van der Waals surface area (Å²) in [4.78, 5) is 12.3. The Labute approximate surface area is 99.4 Å². The summed E-state index contributed by atoms with van der Waals surface area (Å²) in [6.45, 7) is 7.38. The molecule has 3 nitrogen and oxygen atoms in total. The van der Waals surface area contributed by atoms with Crippen molar-refractivity contribution in [2.75, 3.05) is 6.54 Å². The molecule has 0 bridgehead atoms. The zero-order chi connectivity index (χ0) is 12.0. The van der Waals surface area contributed by atoms with Crippen LogP contribution in [0.3, 0.4) is 0 Å². The molecule has 0 spiro atoms. The zero-order valence-corrected chi connectivity index (χ0v) is 10.9. The molecule has 0 aliphatic carbocycles. The fourth-order valence-corrected chi connectivity index (χ4v) is 2.57. The van der Waals surface area contributed by atoms with E-state index in [1.165, 1.54) is 0 Å². The molecule has 3 heteroatoms. The number of carbonyl (C=O) groups is 1. The van der Waals surface area contributed by atoms with Crippen LogP contribution in [-0.2, 0) is 4.79 Å². The van der Waals surface area contributed by atoms with E-state index in [4.69, 9.17) is 0 Å². The van der Waals surface area contributed by atoms with E-state index >= 15 is 0 Å². The van der Waals surface area contributed by atoms with Gasteiger partial charge in [0.05, 0.1) is 5.54 Å². The summed E-state index contributed by atoms with van der Waals surface area (Å²) in [5.41, 5.74) is -0.267. The highest BCUT2D eigenvalue weighted by Gasteiger charge is 2.40. The Bertz CT molecular complexity index is 218. The monoisotopic (exact) mass is 226 g/mol. The third kappa shape index (κ3) is 2.97. The lowest BCUT2D eigenvalue weighted by atomic mass is 9.90. The molecule has 1 saturated heterocycles. The smallest absolute Gasteiger partial charge is 0.240 e.